The second kappa shape index (κ2) is 9.65. The maximum absolute atomic E-state index is 13.1. The number of oxime groups is 1. The third kappa shape index (κ3) is 4.60. The summed E-state index contributed by atoms with van der Waals surface area (Å²) in [5.41, 5.74) is 2.39. The van der Waals surface area contributed by atoms with E-state index >= 15 is 0 Å². The summed E-state index contributed by atoms with van der Waals surface area (Å²) in [7, 11) is 1.84. The Bertz CT molecular complexity index is 1010. The minimum absolute atomic E-state index is 0.0170. The maximum Gasteiger partial charge on any atom is 0.256 e. The van der Waals surface area contributed by atoms with Gasteiger partial charge in [-0.05, 0) is 69.2 Å². The molecule has 1 amide bonds. The summed E-state index contributed by atoms with van der Waals surface area (Å²) in [6, 6.07) is 7.57. The van der Waals surface area contributed by atoms with Crippen molar-refractivity contribution in [2.45, 2.75) is 25.7 Å². The summed E-state index contributed by atoms with van der Waals surface area (Å²) < 4.78 is 14.9. The highest BCUT2D eigenvalue weighted by atomic mass is 19.1. The van der Waals surface area contributed by atoms with Crippen molar-refractivity contribution in [3.63, 3.8) is 0 Å². The van der Waals surface area contributed by atoms with Crippen LogP contribution >= 0.6 is 0 Å². The van der Waals surface area contributed by atoms with Crippen molar-refractivity contribution in [2.75, 3.05) is 32.7 Å². The molecule has 170 valence electrons. The lowest BCUT2D eigenvalue weighted by Crippen LogP contribution is -2.39. The number of hydrogen-bond acceptors (Lipinski definition) is 5. The van der Waals surface area contributed by atoms with Crippen molar-refractivity contribution in [2.24, 2.45) is 18.1 Å². The largest absolute Gasteiger partial charge is 0.411 e. The molecule has 1 aromatic carbocycles. The van der Waals surface area contributed by atoms with E-state index in [4.69, 9.17) is 0 Å². The van der Waals surface area contributed by atoms with E-state index in [1.807, 2.05) is 22.7 Å². The zero-order valence-electron chi connectivity index (χ0n) is 18.3. The Morgan fingerprint density at radius 1 is 1.12 bits per heavy atom. The summed E-state index contributed by atoms with van der Waals surface area (Å²) in [6.45, 7) is 3.72. The average Bonchev–Trinajstić information content (AvgIpc) is 3.13. The van der Waals surface area contributed by atoms with Crippen LogP contribution in [0.15, 0.2) is 41.7 Å². The van der Waals surface area contributed by atoms with Gasteiger partial charge in [-0.25, -0.2) is 4.39 Å². The predicted molar refractivity (Wildman–Crippen MR) is 119 cm³/mol. The summed E-state index contributed by atoms with van der Waals surface area (Å²) in [6.07, 6.45) is 4.76. The first-order valence-electron chi connectivity index (χ1n) is 11.2. The first kappa shape index (κ1) is 22.2. The first-order chi connectivity index (χ1) is 15.5. The maximum atomic E-state index is 13.1. The lowest BCUT2D eigenvalue weighted by Gasteiger charge is -2.32. The van der Waals surface area contributed by atoms with Gasteiger partial charge in [-0.3, -0.25) is 9.59 Å². The second-order valence-corrected chi connectivity index (χ2v) is 8.62. The lowest BCUT2D eigenvalue weighted by molar-refractivity contribution is 0.0741. The number of aryl methyl sites for hydroxylation is 1. The Hall–Kier alpha value is -3.00. The Morgan fingerprint density at radius 3 is 2.53 bits per heavy atom. The van der Waals surface area contributed by atoms with Crippen molar-refractivity contribution in [3.05, 3.63) is 59.2 Å². The van der Waals surface area contributed by atoms with Crippen molar-refractivity contribution in [1.29, 1.82) is 0 Å². The number of halogens is 1. The molecule has 0 bridgehead atoms. The quantitative estimate of drug-likeness (QED) is 0.425. The number of hydrogen-bond donors (Lipinski definition) is 1. The average molecular weight is 441 g/mol. The standard InChI is InChI=1S/C24H29FN4O3/c1-27-13-9-20-22(27)21(26-32)10-16-29(24(20)31)12-2-11-28-14-7-18(8-15-28)23(30)17-3-5-19(25)6-4-17/h3-6,9,13,18,32H,2,7-8,10-12,14-16H2,1H3. The number of likely N-dealkylation sites (tertiary alicyclic amines) is 1. The van der Waals surface area contributed by atoms with Crippen molar-refractivity contribution >= 4 is 17.4 Å². The third-order valence-corrected chi connectivity index (χ3v) is 6.59. The molecule has 32 heavy (non-hydrogen) atoms. The summed E-state index contributed by atoms with van der Waals surface area (Å²) in [4.78, 5) is 29.8. The van der Waals surface area contributed by atoms with Crippen LogP contribution in [0.25, 0.3) is 0 Å². The number of rotatable bonds is 6. The van der Waals surface area contributed by atoms with E-state index < -0.39 is 0 Å². The van der Waals surface area contributed by atoms with Crippen LogP contribution in [0.4, 0.5) is 4.39 Å². The van der Waals surface area contributed by atoms with Crippen LogP contribution < -0.4 is 0 Å². The molecule has 0 unspecified atom stereocenters. The Labute approximate surface area is 187 Å². The van der Waals surface area contributed by atoms with E-state index in [0.29, 0.717) is 42.0 Å². The Balaban J connectivity index is 1.26. The van der Waals surface area contributed by atoms with Gasteiger partial charge in [0.05, 0.1) is 11.3 Å². The van der Waals surface area contributed by atoms with E-state index in [-0.39, 0.29) is 23.4 Å². The highest BCUT2D eigenvalue weighted by Gasteiger charge is 2.29. The fraction of sp³-hybridized carbons (Fsp3) is 0.458. The van der Waals surface area contributed by atoms with Gasteiger partial charge in [0.2, 0.25) is 0 Å². The van der Waals surface area contributed by atoms with Gasteiger partial charge in [-0.2, -0.15) is 0 Å². The molecule has 0 atom stereocenters. The minimum atomic E-state index is -0.331. The number of nitrogens with zero attached hydrogens (tertiary/aromatic N) is 4. The number of amides is 1. The smallest absolute Gasteiger partial charge is 0.256 e. The van der Waals surface area contributed by atoms with Crippen LogP contribution in [-0.4, -0.2) is 69.7 Å². The monoisotopic (exact) mass is 440 g/mol. The minimum Gasteiger partial charge on any atom is -0.411 e. The van der Waals surface area contributed by atoms with Gasteiger partial charge in [0.25, 0.3) is 5.91 Å². The molecule has 1 N–H and O–H groups in total. The van der Waals surface area contributed by atoms with Crippen LogP contribution in [0.3, 0.4) is 0 Å². The number of carbonyl (C=O) groups excluding carboxylic acids is 2. The molecule has 1 fully saturated rings. The third-order valence-electron chi connectivity index (χ3n) is 6.59. The van der Waals surface area contributed by atoms with Gasteiger partial charge < -0.3 is 19.6 Å². The van der Waals surface area contributed by atoms with Crippen molar-refractivity contribution < 1.29 is 19.2 Å². The summed E-state index contributed by atoms with van der Waals surface area (Å²) in [5, 5.41) is 12.8. The molecule has 2 aliphatic heterocycles. The topological polar surface area (TPSA) is 78.1 Å². The van der Waals surface area contributed by atoms with Crippen LogP contribution in [0.1, 0.15) is 52.1 Å². The summed E-state index contributed by atoms with van der Waals surface area (Å²) in [5.74, 6) is -0.276. The number of ketones is 1. The molecule has 1 saturated heterocycles. The number of piperidine rings is 1. The molecule has 0 aliphatic carbocycles. The number of fused-ring (bicyclic) bond motifs is 1. The molecule has 0 spiro atoms. The zero-order chi connectivity index (χ0) is 22.7. The van der Waals surface area contributed by atoms with Crippen LogP contribution in [0.2, 0.25) is 0 Å². The molecular weight excluding hydrogens is 411 g/mol. The number of aromatic nitrogens is 1. The lowest BCUT2D eigenvalue weighted by atomic mass is 9.89. The molecule has 0 saturated carbocycles. The van der Waals surface area contributed by atoms with Gasteiger partial charge in [0.15, 0.2) is 5.78 Å². The molecule has 2 aromatic rings. The SMILES string of the molecule is Cn1ccc2c1C(=NO)CCN(CCCN1CCC(C(=O)c3ccc(F)cc3)CC1)C2=O. The van der Waals surface area contributed by atoms with Crippen molar-refractivity contribution in [1.82, 2.24) is 14.4 Å². The molecule has 2 aliphatic rings. The number of carbonyl (C=O) groups is 2. The molecule has 4 rings (SSSR count). The van der Waals surface area contributed by atoms with Crippen LogP contribution in [-0.2, 0) is 7.05 Å². The van der Waals surface area contributed by atoms with Gasteiger partial charge in [0, 0.05) is 44.2 Å². The fourth-order valence-corrected chi connectivity index (χ4v) is 4.76. The van der Waals surface area contributed by atoms with E-state index in [1.54, 1.807) is 18.2 Å². The fourth-order valence-electron chi connectivity index (χ4n) is 4.76. The highest BCUT2D eigenvalue weighted by molar-refractivity contribution is 6.10. The Kier molecular flexibility index (Phi) is 6.69. The Morgan fingerprint density at radius 2 is 1.84 bits per heavy atom. The van der Waals surface area contributed by atoms with Crippen molar-refractivity contribution in [3.8, 4) is 0 Å². The van der Waals surface area contributed by atoms with Gasteiger partial charge >= 0.3 is 0 Å². The molecule has 0 radical (unpaired) electrons. The zero-order valence-corrected chi connectivity index (χ0v) is 18.3. The number of benzene rings is 1. The van der Waals surface area contributed by atoms with E-state index in [1.165, 1.54) is 12.1 Å². The predicted octanol–water partition coefficient (Wildman–Crippen LogP) is 3.17. The molecule has 8 heteroatoms. The molecule has 1 aromatic heterocycles. The molecule has 7 nitrogen and oxygen atoms in total. The van der Waals surface area contributed by atoms with E-state index in [9.17, 15) is 19.2 Å². The first-order valence-corrected chi connectivity index (χ1v) is 11.2. The van der Waals surface area contributed by atoms with Gasteiger partial charge in [0.1, 0.15) is 11.5 Å². The van der Waals surface area contributed by atoms with Gasteiger partial charge in [-0.15, -0.1) is 0 Å². The van der Waals surface area contributed by atoms with Crippen LogP contribution in [0.5, 0.6) is 0 Å². The molecule has 3 heterocycles. The summed E-state index contributed by atoms with van der Waals surface area (Å²) >= 11 is 0. The van der Waals surface area contributed by atoms with E-state index in [2.05, 4.69) is 10.1 Å². The number of Topliss-reactive ketones (excluding diaryl/α,β-unsaturated/α-hetero) is 1. The van der Waals surface area contributed by atoms with Crippen LogP contribution in [0, 0.1) is 11.7 Å². The highest BCUT2D eigenvalue weighted by Crippen LogP contribution is 2.23. The van der Waals surface area contributed by atoms with E-state index in [0.717, 1.165) is 38.9 Å². The van der Waals surface area contributed by atoms with Gasteiger partial charge in [-0.1, -0.05) is 5.16 Å². The second-order valence-electron chi connectivity index (χ2n) is 8.62. The molecular formula is C24H29FN4O3. The normalized spacial score (nSPS) is 19.2.